The lowest BCUT2D eigenvalue weighted by molar-refractivity contribution is -0.102. The first-order valence-electron chi connectivity index (χ1n) is 5.57. The van der Waals surface area contributed by atoms with E-state index < -0.39 is 30.6 Å². The number of aliphatic hydroxyl groups excluding tert-OH is 3. The molecule has 1 saturated heterocycles. The summed E-state index contributed by atoms with van der Waals surface area (Å²) in [4.78, 5) is 5.31. The second kappa shape index (κ2) is 4.68. The number of hydrogen-bond donors (Lipinski definition) is 4. The summed E-state index contributed by atoms with van der Waals surface area (Å²) >= 11 is 0. The van der Waals surface area contributed by atoms with E-state index in [1.54, 1.807) is 0 Å². The van der Waals surface area contributed by atoms with Crippen LogP contribution in [0.3, 0.4) is 0 Å². The molecule has 1 fully saturated rings. The minimum atomic E-state index is -1.65. The first kappa shape index (κ1) is 13.6. The van der Waals surface area contributed by atoms with Gasteiger partial charge in [-0.2, -0.15) is 0 Å². The highest BCUT2D eigenvalue weighted by Crippen LogP contribution is 2.34. The Morgan fingerprint density at radius 2 is 2.32 bits per heavy atom. The summed E-state index contributed by atoms with van der Waals surface area (Å²) in [6.07, 6.45) is 4.53. The fourth-order valence-electron chi connectivity index (χ4n) is 2.02. The van der Waals surface area contributed by atoms with Crippen molar-refractivity contribution in [3.8, 4) is 12.3 Å². The summed E-state index contributed by atoms with van der Waals surface area (Å²) in [6.45, 7) is 3.05. The Balaban J connectivity index is 2.27. The number of rotatable bonds is 2. The molecule has 7 heteroatoms. The number of amidine groups is 1. The molecule has 0 aromatic carbocycles. The van der Waals surface area contributed by atoms with Gasteiger partial charge in [0.05, 0.1) is 6.61 Å². The molecular weight excluding hydrogens is 250 g/mol. The minimum absolute atomic E-state index is 0.238. The second-order valence-electron chi connectivity index (χ2n) is 4.31. The predicted octanol–water partition coefficient (Wildman–Crippen LogP) is -1.91. The number of hydrogen-bond acceptors (Lipinski definition) is 7. The molecule has 2 aliphatic rings. The third-order valence-electron chi connectivity index (χ3n) is 3.14. The highest BCUT2D eigenvalue weighted by atomic mass is 16.6. The molecule has 0 amide bonds. The summed E-state index contributed by atoms with van der Waals surface area (Å²) in [6, 6.07) is 0. The summed E-state index contributed by atoms with van der Waals surface area (Å²) in [5.74, 6) is 2.68. The molecule has 2 rings (SSSR count). The van der Waals surface area contributed by atoms with Crippen LogP contribution in [0.25, 0.3) is 0 Å². The molecule has 102 valence electrons. The number of terminal acetylenes is 1. The minimum Gasteiger partial charge on any atom is -0.392 e. The first-order valence-corrected chi connectivity index (χ1v) is 5.57. The molecule has 0 bridgehead atoms. The highest BCUT2D eigenvalue weighted by molar-refractivity contribution is 5.92. The van der Waals surface area contributed by atoms with Gasteiger partial charge in [-0.05, 0) is 6.08 Å². The quantitative estimate of drug-likeness (QED) is 0.433. The van der Waals surface area contributed by atoms with Crippen molar-refractivity contribution in [1.82, 2.24) is 4.90 Å². The van der Waals surface area contributed by atoms with Gasteiger partial charge in [-0.25, -0.2) is 4.99 Å². The van der Waals surface area contributed by atoms with Crippen LogP contribution in [0.5, 0.6) is 0 Å². The van der Waals surface area contributed by atoms with Crippen LogP contribution in [-0.2, 0) is 4.74 Å². The average molecular weight is 265 g/mol. The summed E-state index contributed by atoms with van der Waals surface area (Å²) in [7, 11) is 0. The molecule has 7 nitrogen and oxygen atoms in total. The monoisotopic (exact) mass is 265 g/mol. The lowest BCUT2D eigenvalue weighted by Gasteiger charge is -2.31. The van der Waals surface area contributed by atoms with Crippen molar-refractivity contribution in [1.29, 1.82) is 0 Å². The molecule has 0 aromatic rings. The van der Waals surface area contributed by atoms with E-state index in [1.807, 2.05) is 0 Å². The smallest absolute Gasteiger partial charge is 0.182 e. The van der Waals surface area contributed by atoms with Crippen molar-refractivity contribution in [2.24, 2.45) is 10.7 Å². The Hall–Kier alpha value is -1.85. The van der Waals surface area contributed by atoms with Crippen molar-refractivity contribution in [2.75, 3.05) is 6.61 Å². The van der Waals surface area contributed by atoms with Crippen LogP contribution in [0.2, 0.25) is 0 Å². The van der Waals surface area contributed by atoms with Crippen molar-refractivity contribution in [2.45, 2.75) is 24.0 Å². The molecule has 0 spiro atoms. The standard InChI is InChI=1S/C12H15N3O4/c1-3-12(6-16)10(18)9(17)11(19-12)15-5-4-8(13)14-7(15)2/h1,4-5,9-11,16-18H,2,6H2,(H2,13,14). The molecular formula is C12H15N3O4. The van der Waals surface area contributed by atoms with Crippen molar-refractivity contribution >= 4 is 5.84 Å². The van der Waals surface area contributed by atoms with Crippen LogP contribution >= 0.6 is 0 Å². The summed E-state index contributed by atoms with van der Waals surface area (Å²) < 4.78 is 5.43. The molecule has 19 heavy (non-hydrogen) atoms. The van der Waals surface area contributed by atoms with Gasteiger partial charge < -0.3 is 30.7 Å². The number of aliphatic hydroxyl groups is 3. The largest absolute Gasteiger partial charge is 0.392 e. The SMILES string of the molecule is C#CC1(CO)OC(N2C=CC(N)=NC2=C)C(O)C1O. The zero-order valence-corrected chi connectivity index (χ0v) is 10.1. The van der Waals surface area contributed by atoms with E-state index in [2.05, 4.69) is 17.5 Å². The maximum absolute atomic E-state index is 10.0. The van der Waals surface area contributed by atoms with Gasteiger partial charge in [0, 0.05) is 6.20 Å². The number of ether oxygens (including phenoxy) is 1. The van der Waals surface area contributed by atoms with E-state index >= 15 is 0 Å². The number of nitrogens with two attached hydrogens (primary N) is 1. The maximum Gasteiger partial charge on any atom is 0.182 e. The first-order chi connectivity index (χ1) is 8.95. The Morgan fingerprint density at radius 1 is 1.63 bits per heavy atom. The van der Waals surface area contributed by atoms with Crippen LogP contribution in [0.1, 0.15) is 0 Å². The Labute approximate surface area is 110 Å². The second-order valence-corrected chi connectivity index (χ2v) is 4.31. The van der Waals surface area contributed by atoms with Crippen molar-refractivity contribution in [3.63, 3.8) is 0 Å². The van der Waals surface area contributed by atoms with E-state index in [4.69, 9.17) is 16.9 Å². The van der Waals surface area contributed by atoms with E-state index in [1.165, 1.54) is 17.2 Å². The van der Waals surface area contributed by atoms with Crippen LogP contribution in [0, 0.1) is 12.3 Å². The third-order valence-corrected chi connectivity index (χ3v) is 3.14. The molecule has 4 unspecified atom stereocenters. The van der Waals surface area contributed by atoms with E-state index in [0.29, 0.717) is 0 Å². The van der Waals surface area contributed by atoms with Gasteiger partial charge in [-0.1, -0.05) is 12.5 Å². The lowest BCUT2D eigenvalue weighted by Crippen LogP contribution is -2.45. The Bertz CT molecular complexity index is 496. The lowest BCUT2D eigenvalue weighted by atomic mass is 9.97. The molecule has 2 aliphatic heterocycles. The van der Waals surface area contributed by atoms with Gasteiger partial charge in [0.15, 0.2) is 11.8 Å². The topological polar surface area (TPSA) is 112 Å². The zero-order valence-electron chi connectivity index (χ0n) is 10.1. The van der Waals surface area contributed by atoms with Crippen LogP contribution in [0.15, 0.2) is 29.7 Å². The Morgan fingerprint density at radius 3 is 2.79 bits per heavy atom. The van der Waals surface area contributed by atoms with Crippen LogP contribution in [-0.4, -0.2) is 56.7 Å². The molecule has 0 radical (unpaired) electrons. The fraction of sp³-hybridized carbons (Fsp3) is 0.417. The van der Waals surface area contributed by atoms with Gasteiger partial charge in [-0.15, -0.1) is 6.42 Å². The number of nitrogens with zero attached hydrogens (tertiary/aromatic N) is 2. The predicted molar refractivity (Wildman–Crippen MR) is 67.3 cm³/mol. The average Bonchev–Trinajstić information content (AvgIpc) is 2.64. The molecule has 4 atom stereocenters. The van der Waals surface area contributed by atoms with Crippen molar-refractivity contribution < 1.29 is 20.1 Å². The van der Waals surface area contributed by atoms with Gasteiger partial charge in [-0.3, -0.25) is 0 Å². The van der Waals surface area contributed by atoms with Gasteiger partial charge in [0.1, 0.15) is 23.9 Å². The zero-order chi connectivity index (χ0) is 14.2. The van der Waals surface area contributed by atoms with E-state index in [0.717, 1.165) is 0 Å². The van der Waals surface area contributed by atoms with Gasteiger partial charge in [0.25, 0.3) is 0 Å². The molecule has 0 aromatic heterocycles. The fourth-order valence-corrected chi connectivity index (χ4v) is 2.02. The normalized spacial score (nSPS) is 38.2. The van der Waals surface area contributed by atoms with Gasteiger partial charge in [0.2, 0.25) is 0 Å². The van der Waals surface area contributed by atoms with Crippen LogP contribution < -0.4 is 5.73 Å². The maximum atomic E-state index is 10.0. The number of aliphatic imine (C=N–C) groups is 1. The Kier molecular flexibility index (Phi) is 3.34. The molecule has 5 N–H and O–H groups in total. The molecule has 0 aliphatic carbocycles. The third kappa shape index (κ3) is 2.01. The summed E-state index contributed by atoms with van der Waals surface area (Å²) in [5.41, 5.74) is 3.86. The van der Waals surface area contributed by atoms with Crippen molar-refractivity contribution in [3.05, 3.63) is 24.7 Å². The van der Waals surface area contributed by atoms with Gasteiger partial charge >= 0.3 is 0 Å². The molecule has 2 heterocycles. The summed E-state index contributed by atoms with van der Waals surface area (Å²) in [5, 5.41) is 29.2. The van der Waals surface area contributed by atoms with E-state index in [9.17, 15) is 15.3 Å². The van der Waals surface area contributed by atoms with Crippen LogP contribution in [0.4, 0.5) is 0 Å². The highest BCUT2D eigenvalue weighted by Gasteiger charge is 2.55. The van der Waals surface area contributed by atoms with E-state index in [-0.39, 0.29) is 11.7 Å². The molecule has 0 saturated carbocycles.